The third kappa shape index (κ3) is 3.34. The van der Waals surface area contributed by atoms with Gasteiger partial charge in [-0.15, -0.1) is 11.6 Å². The topological polar surface area (TPSA) is 0 Å². The van der Waals surface area contributed by atoms with Crippen molar-refractivity contribution in [1.29, 1.82) is 0 Å². The van der Waals surface area contributed by atoms with Crippen LogP contribution in [-0.4, -0.2) is 0 Å². The van der Waals surface area contributed by atoms with E-state index in [9.17, 15) is 0 Å². The van der Waals surface area contributed by atoms with Crippen LogP contribution < -0.4 is 0 Å². The zero-order valence-corrected chi connectivity index (χ0v) is 13.4. The van der Waals surface area contributed by atoms with Crippen molar-refractivity contribution in [3.63, 3.8) is 0 Å². The molecule has 106 valence electrons. The van der Waals surface area contributed by atoms with E-state index >= 15 is 0 Å². The molecule has 1 heteroatoms. The Morgan fingerprint density at radius 1 is 1.05 bits per heavy atom. The Kier molecular flexibility index (Phi) is 5.33. The second kappa shape index (κ2) is 6.79. The number of hydrogen-bond acceptors (Lipinski definition) is 0. The molecule has 0 spiro atoms. The van der Waals surface area contributed by atoms with Gasteiger partial charge in [0, 0.05) is 0 Å². The van der Waals surface area contributed by atoms with Crippen LogP contribution in [0.1, 0.15) is 74.1 Å². The Hall–Kier alpha value is -0.490. The zero-order valence-electron chi connectivity index (χ0n) is 12.6. The van der Waals surface area contributed by atoms with Crippen LogP contribution in [0.2, 0.25) is 0 Å². The number of hydrogen-bond donors (Lipinski definition) is 0. The van der Waals surface area contributed by atoms with Gasteiger partial charge in [0.05, 0.1) is 5.38 Å². The summed E-state index contributed by atoms with van der Waals surface area (Å²) in [5, 5.41) is 0.223. The molecule has 1 aromatic carbocycles. The highest BCUT2D eigenvalue weighted by Gasteiger charge is 2.24. The van der Waals surface area contributed by atoms with Gasteiger partial charge in [0.2, 0.25) is 0 Å². The molecule has 0 bridgehead atoms. The van der Waals surface area contributed by atoms with Crippen molar-refractivity contribution < 1.29 is 0 Å². The Labute approximate surface area is 123 Å². The molecular weight excluding hydrogens is 252 g/mol. The highest BCUT2D eigenvalue weighted by molar-refractivity contribution is 6.21. The molecule has 2 rings (SSSR count). The quantitative estimate of drug-likeness (QED) is 0.573. The molecule has 0 aliphatic heterocycles. The van der Waals surface area contributed by atoms with Crippen molar-refractivity contribution in [3.05, 3.63) is 34.4 Å². The van der Waals surface area contributed by atoms with Gasteiger partial charge in [-0.05, 0) is 53.9 Å². The van der Waals surface area contributed by atoms with Crippen molar-refractivity contribution in [1.82, 2.24) is 0 Å². The first-order chi connectivity index (χ1) is 9.19. The Morgan fingerprint density at radius 2 is 1.63 bits per heavy atom. The molecule has 0 amide bonds. The highest BCUT2D eigenvalue weighted by Crippen LogP contribution is 2.40. The lowest BCUT2D eigenvalue weighted by atomic mass is 9.79. The summed E-state index contributed by atoms with van der Waals surface area (Å²) in [6.45, 7) is 6.75. The summed E-state index contributed by atoms with van der Waals surface area (Å²) in [6, 6.07) is 4.76. The number of aryl methyl sites for hydroxylation is 3. The Morgan fingerprint density at radius 3 is 2.00 bits per heavy atom. The van der Waals surface area contributed by atoms with Crippen LogP contribution in [0.3, 0.4) is 0 Å². The highest BCUT2D eigenvalue weighted by atomic mass is 35.5. The molecule has 19 heavy (non-hydrogen) atoms. The molecule has 1 atom stereocenters. The minimum absolute atomic E-state index is 0.223. The first-order valence-corrected chi connectivity index (χ1v) is 8.41. The van der Waals surface area contributed by atoms with Gasteiger partial charge in [-0.25, -0.2) is 0 Å². The summed E-state index contributed by atoms with van der Waals surface area (Å²) < 4.78 is 0. The van der Waals surface area contributed by atoms with Gasteiger partial charge >= 0.3 is 0 Å². The van der Waals surface area contributed by atoms with E-state index in [-0.39, 0.29) is 5.38 Å². The fraction of sp³-hybridized carbons (Fsp3) is 0.667. The molecule has 0 N–H and O–H groups in total. The van der Waals surface area contributed by atoms with Crippen LogP contribution in [0.25, 0.3) is 0 Å². The summed E-state index contributed by atoms with van der Waals surface area (Å²) >= 11 is 6.78. The van der Waals surface area contributed by atoms with E-state index in [2.05, 4.69) is 32.9 Å². The van der Waals surface area contributed by atoms with E-state index in [4.69, 9.17) is 11.6 Å². The normalized spacial score (nSPS) is 17.3. The van der Waals surface area contributed by atoms with Crippen LogP contribution in [-0.2, 0) is 19.3 Å². The van der Waals surface area contributed by atoms with Gasteiger partial charge in [0.15, 0.2) is 0 Å². The maximum Gasteiger partial charge on any atom is 0.0593 e. The van der Waals surface area contributed by atoms with Gasteiger partial charge in [-0.3, -0.25) is 0 Å². The van der Waals surface area contributed by atoms with E-state index in [0.29, 0.717) is 0 Å². The summed E-state index contributed by atoms with van der Waals surface area (Å²) in [7, 11) is 0. The predicted molar refractivity (Wildman–Crippen MR) is 85.1 cm³/mol. The molecular formula is C18H27Cl. The van der Waals surface area contributed by atoms with Crippen molar-refractivity contribution in [2.24, 2.45) is 5.92 Å². The van der Waals surface area contributed by atoms with Crippen molar-refractivity contribution >= 4 is 11.6 Å². The summed E-state index contributed by atoms with van der Waals surface area (Å²) in [6.07, 6.45) is 8.68. The van der Waals surface area contributed by atoms with Crippen molar-refractivity contribution in [2.45, 2.75) is 71.1 Å². The lowest BCUT2D eigenvalue weighted by Crippen LogP contribution is -2.14. The maximum absolute atomic E-state index is 6.78. The largest absolute Gasteiger partial charge is 0.118 e. The smallest absolute Gasteiger partial charge is 0.0593 e. The van der Waals surface area contributed by atoms with Crippen LogP contribution in [0.4, 0.5) is 0 Å². The van der Waals surface area contributed by atoms with E-state index < -0.39 is 0 Å². The van der Waals surface area contributed by atoms with Crippen LogP contribution in [0, 0.1) is 5.92 Å². The van der Waals surface area contributed by atoms with Gasteiger partial charge in [-0.2, -0.15) is 0 Å². The van der Waals surface area contributed by atoms with Gasteiger partial charge in [-0.1, -0.05) is 52.2 Å². The molecule has 0 radical (unpaired) electrons. The van der Waals surface area contributed by atoms with E-state index in [1.165, 1.54) is 47.9 Å². The first kappa shape index (κ1) is 14.9. The number of rotatable bonds is 6. The predicted octanol–water partition coefficient (Wildman–Crippen LogP) is 5.84. The molecule has 1 aliphatic rings. The van der Waals surface area contributed by atoms with Crippen LogP contribution in [0.15, 0.2) is 12.1 Å². The Bertz CT molecular complexity index is 393. The average Bonchev–Trinajstić information content (AvgIpc) is 2.40. The van der Waals surface area contributed by atoms with Crippen LogP contribution in [0.5, 0.6) is 0 Å². The second-order valence-corrected chi connectivity index (χ2v) is 6.42. The molecule has 1 fully saturated rings. The minimum atomic E-state index is 0.223. The van der Waals surface area contributed by atoms with Gasteiger partial charge < -0.3 is 0 Å². The monoisotopic (exact) mass is 278 g/mol. The SMILES string of the molecule is CCc1cc(CC)c(C(Cl)CC2CCC2)c(CC)c1. The molecule has 1 aromatic rings. The first-order valence-electron chi connectivity index (χ1n) is 7.98. The molecule has 1 aliphatic carbocycles. The number of halogens is 1. The second-order valence-electron chi connectivity index (χ2n) is 5.89. The average molecular weight is 279 g/mol. The zero-order chi connectivity index (χ0) is 13.8. The Balaban J connectivity index is 2.29. The standard InChI is InChI=1S/C18H27Cl/c1-4-13-10-15(5-2)18(16(6-3)11-13)17(19)12-14-8-7-9-14/h10-11,14,17H,4-9,12H2,1-3H3. The molecule has 0 aromatic heterocycles. The minimum Gasteiger partial charge on any atom is -0.118 e. The van der Waals surface area contributed by atoms with E-state index in [0.717, 1.165) is 25.2 Å². The van der Waals surface area contributed by atoms with Gasteiger partial charge in [0.25, 0.3) is 0 Å². The third-order valence-electron chi connectivity index (χ3n) is 4.66. The van der Waals surface area contributed by atoms with Gasteiger partial charge in [0.1, 0.15) is 0 Å². The lowest BCUT2D eigenvalue weighted by Gasteiger charge is -2.29. The summed E-state index contributed by atoms with van der Waals surface area (Å²) in [4.78, 5) is 0. The molecule has 0 heterocycles. The molecule has 1 unspecified atom stereocenters. The number of alkyl halides is 1. The van der Waals surface area contributed by atoms with Crippen molar-refractivity contribution in [2.75, 3.05) is 0 Å². The fourth-order valence-electron chi connectivity index (χ4n) is 3.18. The van der Waals surface area contributed by atoms with E-state index in [1.807, 2.05) is 0 Å². The summed E-state index contributed by atoms with van der Waals surface area (Å²) in [5.74, 6) is 0.878. The summed E-state index contributed by atoms with van der Waals surface area (Å²) in [5.41, 5.74) is 5.88. The number of benzene rings is 1. The van der Waals surface area contributed by atoms with Crippen LogP contribution >= 0.6 is 11.6 Å². The lowest BCUT2D eigenvalue weighted by molar-refractivity contribution is 0.293. The third-order valence-corrected chi connectivity index (χ3v) is 5.06. The molecule has 1 saturated carbocycles. The maximum atomic E-state index is 6.78. The van der Waals surface area contributed by atoms with E-state index in [1.54, 1.807) is 0 Å². The molecule has 0 nitrogen and oxygen atoms in total. The van der Waals surface area contributed by atoms with Crippen molar-refractivity contribution in [3.8, 4) is 0 Å². The fourth-order valence-corrected chi connectivity index (χ4v) is 3.71. The molecule has 0 saturated heterocycles.